The van der Waals surface area contributed by atoms with Crippen LogP contribution < -0.4 is 10.6 Å². The summed E-state index contributed by atoms with van der Waals surface area (Å²) in [6, 6.07) is 11.5. The summed E-state index contributed by atoms with van der Waals surface area (Å²) < 4.78 is 46.3. The first-order valence-electron chi connectivity index (χ1n) is 11.0. The van der Waals surface area contributed by atoms with Crippen molar-refractivity contribution in [2.45, 2.75) is 55.4 Å². The van der Waals surface area contributed by atoms with Crippen molar-refractivity contribution in [1.82, 2.24) is 0 Å². The Bertz CT molecular complexity index is 938. The first-order valence-corrected chi connectivity index (χ1v) is 14.1. The van der Waals surface area contributed by atoms with E-state index in [1.807, 2.05) is 91.8 Å². The first kappa shape index (κ1) is 28.8. The van der Waals surface area contributed by atoms with E-state index in [1.54, 1.807) is 0 Å². The fourth-order valence-corrected chi connectivity index (χ4v) is 6.85. The molecule has 0 saturated carbocycles. The predicted molar refractivity (Wildman–Crippen MR) is 133 cm³/mol. The van der Waals surface area contributed by atoms with E-state index in [1.165, 1.54) is 0 Å². The van der Waals surface area contributed by atoms with Crippen molar-refractivity contribution in [2.24, 2.45) is 0 Å². The van der Waals surface area contributed by atoms with Gasteiger partial charge in [-0.15, -0.1) is 0 Å². The molecule has 6 nitrogen and oxygen atoms in total. The highest BCUT2D eigenvalue weighted by atomic mass is 31.2. The highest BCUT2D eigenvalue weighted by molar-refractivity contribution is 7.62. The fourth-order valence-electron chi connectivity index (χ4n) is 3.16. The highest BCUT2D eigenvalue weighted by Crippen LogP contribution is 2.48. The van der Waals surface area contributed by atoms with Crippen molar-refractivity contribution in [3.8, 4) is 0 Å². The van der Waals surface area contributed by atoms with Gasteiger partial charge in [0.25, 0.3) is 0 Å². The van der Waals surface area contributed by atoms with Crippen molar-refractivity contribution in [2.75, 3.05) is 26.4 Å². The number of hydrogen-bond donors (Lipinski definition) is 0. The lowest BCUT2D eigenvalue weighted by Crippen LogP contribution is -2.14. The van der Waals surface area contributed by atoms with Crippen molar-refractivity contribution >= 4 is 25.8 Å². The van der Waals surface area contributed by atoms with Crippen LogP contribution in [-0.2, 0) is 27.2 Å². The summed E-state index contributed by atoms with van der Waals surface area (Å²) in [7, 11) is -6.27. The third kappa shape index (κ3) is 7.95. The quantitative estimate of drug-likeness (QED) is 0.364. The molecule has 0 spiro atoms. The molecule has 0 aliphatic carbocycles. The Labute approximate surface area is 193 Å². The van der Waals surface area contributed by atoms with Crippen LogP contribution >= 0.6 is 15.2 Å². The van der Waals surface area contributed by atoms with Gasteiger partial charge in [-0.1, -0.05) is 35.4 Å². The van der Waals surface area contributed by atoms with E-state index < -0.39 is 15.2 Å². The van der Waals surface area contributed by atoms with Crippen molar-refractivity contribution in [3.05, 3.63) is 58.7 Å². The van der Waals surface area contributed by atoms with Gasteiger partial charge in [0.2, 0.25) is 0 Å². The fraction of sp³-hybridized carbons (Fsp3) is 0.500. The molecule has 0 aliphatic heterocycles. The first-order chi connectivity index (χ1) is 15.1. The predicted octanol–water partition coefficient (Wildman–Crippen LogP) is 6.39. The Morgan fingerprint density at radius 2 is 0.969 bits per heavy atom. The molecule has 180 valence electrons. The number of benzene rings is 2. The van der Waals surface area contributed by atoms with Crippen LogP contribution in [0.2, 0.25) is 0 Å². The lowest BCUT2D eigenvalue weighted by Gasteiger charge is -2.19. The molecule has 0 saturated heterocycles. The molecule has 0 fully saturated rings. The molecule has 0 radical (unpaired) electrons. The number of aryl methyl sites for hydroxylation is 4. The van der Waals surface area contributed by atoms with Gasteiger partial charge in [-0.25, -0.2) is 0 Å². The molecule has 2 aromatic carbocycles. The van der Waals surface area contributed by atoms with Crippen LogP contribution in [0.1, 0.15) is 49.9 Å². The van der Waals surface area contributed by atoms with Crippen LogP contribution in [0.15, 0.2) is 36.4 Å². The summed E-state index contributed by atoms with van der Waals surface area (Å²) in [5.74, 6) is 0. The van der Waals surface area contributed by atoms with Crippen LogP contribution in [0, 0.1) is 27.7 Å². The lowest BCUT2D eigenvalue weighted by molar-refractivity contribution is 0.229. The van der Waals surface area contributed by atoms with Gasteiger partial charge in [-0.3, -0.25) is 9.13 Å². The smallest absolute Gasteiger partial charge is 0.305 e. The van der Waals surface area contributed by atoms with E-state index in [9.17, 15) is 9.13 Å². The molecule has 0 aliphatic rings. The molecule has 2 aromatic rings. The Hall–Kier alpha value is -1.26. The minimum atomic E-state index is -3.14. The molecular formula is C24H38O6P2. The third-order valence-electron chi connectivity index (χ3n) is 4.50. The topological polar surface area (TPSA) is 71.1 Å². The maximum absolute atomic E-state index is 12.5. The molecular weight excluding hydrogens is 446 g/mol. The van der Waals surface area contributed by atoms with Crippen molar-refractivity contribution in [1.29, 1.82) is 0 Å². The second kappa shape index (κ2) is 13.4. The van der Waals surface area contributed by atoms with Gasteiger partial charge in [0.1, 0.15) is 0 Å². The Morgan fingerprint density at radius 1 is 0.562 bits per heavy atom. The summed E-state index contributed by atoms with van der Waals surface area (Å²) in [6.45, 7) is 16.6. The van der Waals surface area contributed by atoms with Crippen molar-refractivity contribution in [3.63, 3.8) is 0 Å². The zero-order valence-corrected chi connectivity index (χ0v) is 22.4. The van der Waals surface area contributed by atoms with Crippen LogP contribution in [0.3, 0.4) is 0 Å². The average Bonchev–Trinajstić information content (AvgIpc) is 2.71. The molecule has 0 amide bonds. The summed E-state index contributed by atoms with van der Waals surface area (Å²) in [4.78, 5) is 0. The zero-order chi connectivity index (χ0) is 24.4. The number of rotatable bonds is 10. The monoisotopic (exact) mass is 484 g/mol. The van der Waals surface area contributed by atoms with Crippen LogP contribution in [0.25, 0.3) is 0 Å². The normalized spacial score (nSPS) is 11.8. The molecule has 0 bridgehead atoms. The van der Waals surface area contributed by atoms with Crippen LogP contribution in [-0.4, -0.2) is 26.4 Å². The van der Waals surface area contributed by atoms with E-state index in [0.29, 0.717) is 37.0 Å². The van der Waals surface area contributed by atoms with Gasteiger partial charge in [-0.05, 0) is 78.6 Å². The molecule has 0 aromatic heterocycles. The van der Waals surface area contributed by atoms with E-state index >= 15 is 0 Å². The maximum atomic E-state index is 12.5. The molecule has 0 N–H and O–H groups in total. The second-order valence-corrected chi connectivity index (χ2v) is 11.2. The van der Waals surface area contributed by atoms with Crippen molar-refractivity contribution < 1.29 is 27.2 Å². The minimum Gasteiger partial charge on any atom is -0.305 e. The zero-order valence-electron chi connectivity index (χ0n) is 20.6. The Morgan fingerprint density at radius 3 is 1.41 bits per heavy atom. The van der Waals surface area contributed by atoms with Crippen LogP contribution in [0.5, 0.6) is 0 Å². The third-order valence-corrected chi connectivity index (χ3v) is 9.06. The molecule has 0 atom stereocenters. The molecule has 32 heavy (non-hydrogen) atoms. The van der Waals surface area contributed by atoms with Gasteiger partial charge >= 0.3 is 15.2 Å². The summed E-state index contributed by atoms with van der Waals surface area (Å²) in [6.07, 6.45) is 0. The van der Waals surface area contributed by atoms with Gasteiger partial charge in [-0.2, -0.15) is 0 Å². The van der Waals surface area contributed by atoms with E-state index in [4.69, 9.17) is 18.1 Å². The minimum absolute atomic E-state index is 0.380. The number of hydrogen-bond acceptors (Lipinski definition) is 6. The largest absolute Gasteiger partial charge is 0.361 e. The standard InChI is InChI=1S/2C12H19O3P/c1-5-14-16(13,15-6-2)12-8-7-10(3)9-11(12)4;1-5-14-16(13,15-6-2)12-9-10(3)7-8-11(12)4/h2*7-9H,5-6H2,1-4H3. The molecule has 8 heteroatoms. The van der Waals surface area contributed by atoms with Gasteiger partial charge < -0.3 is 18.1 Å². The summed E-state index contributed by atoms with van der Waals surface area (Å²) in [5, 5.41) is 1.35. The lowest BCUT2D eigenvalue weighted by atomic mass is 10.2. The Kier molecular flexibility index (Phi) is 12.1. The molecule has 0 unspecified atom stereocenters. The van der Waals surface area contributed by atoms with E-state index in [2.05, 4.69) is 0 Å². The van der Waals surface area contributed by atoms with E-state index in [0.717, 1.165) is 22.3 Å². The highest BCUT2D eigenvalue weighted by Gasteiger charge is 2.29. The average molecular weight is 485 g/mol. The Balaban J connectivity index is 0.000000320. The summed E-state index contributed by atoms with van der Waals surface area (Å²) in [5.41, 5.74) is 4.09. The SMILES string of the molecule is CCOP(=O)(OCC)c1cc(C)ccc1C.CCOP(=O)(OCC)c1ccc(C)cc1C. The van der Waals surface area contributed by atoms with E-state index in [-0.39, 0.29) is 0 Å². The maximum Gasteiger partial charge on any atom is 0.361 e. The van der Waals surface area contributed by atoms with Crippen LogP contribution in [0.4, 0.5) is 0 Å². The second-order valence-electron chi connectivity index (χ2n) is 7.25. The van der Waals surface area contributed by atoms with Gasteiger partial charge in [0, 0.05) is 0 Å². The molecule has 0 heterocycles. The summed E-state index contributed by atoms with van der Waals surface area (Å²) >= 11 is 0. The molecule has 2 rings (SSSR count). The van der Waals surface area contributed by atoms with Gasteiger partial charge in [0.15, 0.2) is 0 Å². The van der Waals surface area contributed by atoms with Gasteiger partial charge in [0.05, 0.1) is 37.0 Å².